The molecular weight excluding hydrogens is 248 g/mol. The van der Waals surface area contributed by atoms with Crippen LogP contribution in [-0.4, -0.2) is 37.0 Å². The first-order valence-corrected chi connectivity index (χ1v) is 7.51. The second-order valence-electron chi connectivity index (χ2n) is 6.54. The maximum absolute atomic E-state index is 12.3. The first-order valence-electron chi connectivity index (χ1n) is 7.51. The number of nitrogens with one attached hydrogen (secondary N) is 1. The highest BCUT2D eigenvalue weighted by Crippen LogP contribution is 2.27. The molecule has 1 amide bonds. The average molecular weight is 274 g/mol. The summed E-state index contributed by atoms with van der Waals surface area (Å²) in [5.41, 5.74) is 3.42. The summed E-state index contributed by atoms with van der Waals surface area (Å²) in [5.74, 6) is 0.986. The number of carbonyl (C=O) groups excluding carboxylic acids is 1. The smallest absolute Gasteiger partial charge is 0.251 e. The summed E-state index contributed by atoms with van der Waals surface area (Å²) in [4.78, 5) is 14.5. The summed E-state index contributed by atoms with van der Waals surface area (Å²) in [5, 5.41) is 3.10. The Hall–Kier alpha value is -1.35. The van der Waals surface area contributed by atoms with Gasteiger partial charge in [-0.2, -0.15) is 0 Å². The molecule has 1 heterocycles. The molecule has 2 rings (SSSR count). The van der Waals surface area contributed by atoms with Gasteiger partial charge in [-0.15, -0.1) is 0 Å². The number of nitrogens with zero attached hydrogens (tertiary/aromatic N) is 1. The lowest BCUT2D eigenvalue weighted by Crippen LogP contribution is -2.57. The van der Waals surface area contributed by atoms with E-state index in [9.17, 15) is 4.79 Å². The van der Waals surface area contributed by atoms with Crippen LogP contribution < -0.4 is 5.32 Å². The Kier molecular flexibility index (Phi) is 4.48. The van der Waals surface area contributed by atoms with Crippen LogP contribution in [0.5, 0.6) is 0 Å². The average Bonchev–Trinajstić information content (AvgIpc) is 2.35. The fourth-order valence-corrected chi connectivity index (χ4v) is 2.80. The number of likely N-dealkylation sites (N-methyl/N-ethyl adjacent to an activating group) is 1. The van der Waals surface area contributed by atoms with Crippen LogP contribution in [0, 0.1) is 0 Å². The van der Waals surface area contributed by atoms with E-state index in [0.29, 0.717) is 17.9 Å². The van der Waals surface area contributed by atoms with Gasteiger partial charge in [-0.25, -0.2) is 0 Å². The summed E-state index contributed by atoms with van der Waals surface area (Å²) in [6.45, 7) is 10.7. The Labute approximate surface area is 122 Å². The van der Waals surface area contributed by atoms with Crippen molar-refractivity contribution in [3.63, 3.8) is 0 Å². The number of benzene rings is 1. The van der Waals surface area contributed by atoms with E-state index in [1.165, 1.54) is 11.1 Å². The van der Waals surface area contributed by atoms with Gasteiger partial charge in [0.15, 0.2) is 0 Å². The second-order valence-corrected chi connectivity index (χ2v) is 6.54. The van der Waals surface area contributed by atoms with Crippen molar-refractivity contribution >= 4 is 5.91 Å². The van der Waals surface area contributed by atoms with Crippen LogP contribution >= 0.6 is 0 Å². The van der Waals surface area contributed by atoms with Crippen LogP contribution in [0.1, 0.15) is 61.0 Å². The van der Waals surface area contributed by atoms with Gasteiger partial charge in [-0.05, 0) is 42.1 Å². The molecule has 1 saturated heterocycles. The first-order chi connectivity index (χ1) is 9.38. The monoisotopic (exact) mass is 274 g/mol. The number of carbonyl (C=O) groups is 1. The zero-order valence-electron chi connectivity index (χ0n) is 13.2. The third-order valence-electron chi connectivity index (χ3n) is 3.99. The lowest BCUT2D eigenvalue weighted by Gasteiger charge is -2.36. The third-order valence-corrected chi connectivity index (χ3v) is 3.99. The minimum absolute atomic E-state index is 0.0558. The minimum Gasteiger partial charge on any atom is -0.347 e. The number of hydrogen-bond donors (Lipinski definition) is 1. The zero-order valence-corrected chi connectivity index (χ0v) is 13.2. The van der Waals surface area contributed by atoms with Crippen LogP contribution in [0.25, 0.3) is 0 Å². The second kappa shape index (κ2) is 5.96. The number of likely N-dealkylation sites (tertiary alicyclic amines) is 1. The van der Waals surface area contributed by atoms with Crippen molar-refractivity contribution in [3.05, 3.63) is 34.9 Å². The topological polar surface area (TPSA) is 32.3 Å². The van der Waals surface area contributed by atoms with Gasteiger partial charge in [0.05, 0.1) is 6.04 Å². The van der Waals surface area contributed by atoms with Gasteiger partial charge >= 0.3 is 0 Å². The van der Waals surface area contributed by atoms with Crippen molar-refractivity contribution in [2.45, 2.75) is 45.6 Å². The van der Waals surface area contributed by atoms with E-state index >= 15 is 0 Å². The fraction of sp³-hybridized carbons (Fsp3) is 0.588. The minimum atomic E-state index is 0.0558. The van der Waals surface area contributed by atoms with E-state index in [1.807, 2.05) is 6.07 Å². The Morgan fingerprint density at radius 3 is 2.25 bits per heavy atom. The van der Waals surface area contributed by atoms with Crippen LogP contribution in [-0.2, 0) is 0 Å². The maximum atomic E-state index is 12.3. The molecule has 1 aromatic rings. The van der Waals surface area contributed by atoms with E-state index in [2.05, 4.69) is 57.1 Å². The molecule has 1 N–H and O–H groups in total. The molecule has 3 heteroatoms. The van der Waals surface area contributed by atoms with Gasteiger partial charge < -0.3 is 10.2 Å². The van der Waals surface area contributed by atoms with E-state index < -0.39 is 0 Å². The fourth-order valence-electron chi connectivity index (χ4n) is 2.80. The standard InChI is InChI=1S/C17H26N2O/c1-11(2)15-7-6-13(8-16(15)12(3)4)17(20)18-14-9-19(5)10-14/h6-8,11-12,14H,9-10H2,1-5H3,(H,18,20). The highest BCUT2D eigenvalue weighted by Gasteiger charge is 2.25. The van der Waals surface area contributed by atoms with E-state index in [0.717, 1.165) is 18.7 Å². The molecular formula is C17H26N2O. The molecule has 1 aromatic carbocycles. The largest absolute Gasteiger partial charge is 0.347 e. The zero-order chi connectivity index (χ0) is 14.9. The normalized spacial score (nSPS) is 16.6. The number of hydrogen-bond acceptors (Lipinski definition) is 2. The lowest BCUT2D eigenvalue weighted by atomic mass is 9.89. The molecule has 0 unspecified atom stereocenters. The summed E-state index contributed by atoms with van der Waals surface area (Å²) >= 11 is 0. The van der Waals surface area contributed by atoms with Crippen molar-refractivity contribution in [3.8, 4) is 0 Å². The molecule has 1 aliphatic heterocycles. The van der Waals surface area contributed by atoms with Crippen molar-refractivity contribution in [1.29, 1.82) is 0 Å². The van der Waals surface area contributed by atoms with Gasteiger partial charge in [0.25, 0.3) is 5.91 Å². The van der Waals surface area contributed by atoms with Gasteiger partial charge in [0, 0.05) is 18.7 Å². The highest BCUT2D eigenvalue weighted by atomic mass is 16.1. The molecule has 0 spiro atoms. The Morgan fingerprint density at radius 2 is 1.75 bits per heavy atom. The summed E-state index contributed by atoms with van der Waals surface area (Å²) in [6.07, 6.45) is 0. The first kappa shape index (κ1) is 15.0. The molecule has 0 atom stereocenters. The number of amides is 1. The molecule has 0 saturated carbocycles. The molecule has 1 aliphatic rings. The molecule has 0 bridgehead atoms. The third kappa shape index (κ3) is 3.21. The molecule has 0 radical (unpaired) electrons. The maximum Gasteiger partial charge on any atom is 0.251 e. The molecule has 1 fully saturated rings. The van der Waals surface area contributed by atoms with Crippen molar-refractivity contribution < 1.29 is 4.79 Å². The quantitative estimate of drug-likeness (QED) is 0.915. The van der Waals surface area contributed by atoms with Crippen molar-refractivity contribution in [2.75, 3.05) is 20.1 Å². The highest BCUT2D eigenvalue weighted by molar-refractivity contribution is 5.94. The summed E-state index contributed by atoms with van der Waals surface area (Å²) in [6, 6.07) is 6.44. The van der Waals surface area contributed by atoms with Crippen molar-refractivity contribution in [2.24, 2.45) is 0 Å². The van der Waals surface area contributed by atoms with Gasteiger partial charge in [-0.1, -0.05) is 33.8 Å². The SMILES string of the molecule is CC(C)c1ccc(C(=O)NC2CN(C)C2)cc1C(C)C. The van der Waals surface area contributed by atoms with Crippen LogP contribution in [0.4, 0.5) is 0 Å². The lowest BCUT2D eigenvalue weighted by molar-refractivity contribution is 0.0857. The molecule has 3 nitrogen and oxygen atoms in total. The van der Waals surface area contributed by atoms with E-state index in [1.54, 1.807) is 0 Å². The van der Waals surface area contributed by atoms with Crippen LogP contribution in [0.3, 0.4) is 0 Å². The van der Waals surface area contributed by atoms with Crippen molar-refractivity contribution in [1.82, 2.24) is 10.2 Å². The Balaban J connectivity index is 2.15. The summed E-state index contributed by atoms with van der Waals surface area (Å²) in [7, 11) is 2.07. The van der Waals surface area contributed by atoms with E-state index in [4.69, 9.17) is 0 Å². The Morgan fingerprint density at radius 1 is 1.15 bits per heavy atom. The summed E-state index contributed by atoms with van der Waals surface area (Å²) < 4.78 is 0. The predicted octanol–water partition coefficient (Wildman–Crippen LogP) is 2.98. The van der Waals surface area contributed by atoms with Crippen LogP contribution in [0.2, 0.25) is 0 Å². The van der Waals surface area contributed by atoms with E-state index in [-0.39, 0.29) is 5.91 Å². The predicted molar refractivity (Wildman–Crippen MR) is 83.4 cm³/mol. The van der Waals surface area contributed by atoms with Crippen LogP contribution in [0.15, 0.2) is 18.2 Å². The van der Waals surface area contributed by atoms with Gasteiger partial charge in [0.2, 0.25) is 0 Å². The van der Waals surface area contributed by atoms with Gasteiger partial charge in [0.1, 0.15) is 0 Å². The molecule has 110 valence electrons. The van der Waals surface area contributed by atoms with Gasteiger partial charge in [-0.3, -0.25) is 4.79 Å². The molecule has 0 aromatic heterocycles. The molecule has 0 aliphatic carbocycles. The molecule has 20 heavy (non-hydrogen) atoms. The number of rotatable bonds is 4. The Bertz CT molecular complexity index is 488.